The second kappa shape index (κ2) is 8.66. The molecular formula is C19H26N2O6S2. The molecule has 1 amide bonds. The van der Waals surface area contributed by atoms with E-state index in [-0.39, 0.29) is 23.6 Å². The zero-order valence-electron chi connectivity index (χ0n) is 17.1. The Balaban J connectivity index is 2.01. The first-order chi connectivity index (χ1) is 13.3. The Morgan fingerprint density at radius 1 is 1.10 bits per heavy atom. The fourth-order valence-corrected chi connectivity index (χ4v) is 4.24. The summed E-state index contributed by atoms with van der Waals surface area (Å²) in [6, 6.07) is 5.80. The first-order valence-corrected chi connectivity index (χ1v) is 12.8. The molecule has 0 bridgehead atoms. The molecule has 0 aliphatic heterocycles. The van der Waals surface area contributed by atoms with E-state index in [9.17, 15) is 21.6 Å². The van der Waals surface area contributed by atoms with Gasteiger partial charge in [0.1, 0.15) is 0 Å². The van der Waals surface area contributed by atoms with Crippen LogP contribution in [0.25, 0.3) is 11.3 Å². The SMILES string of the molecule is C[C@H]([C@H](C)N(C)C(=O)CCc1ncc(-c2ccc(S(C)(=O)=O)cc2)o1)S(C)(=O)=O. The molecule has 1 heterocycles. The summed E-state index contributed by atoms with van der Waals surface area (Å²) in [6.45, 7) is 3.28. The van der Waals surface area contributed by atoms with E-state index in [0.29, 0.717) is 17.2 Å². The predicted molar refractivity (Wildman–Crippen MR) is 110 cm³/mol. The molecule has 0 N–H and O–H groups in total. The van der Waals surface area contributed by atoms with Crippen molar-refractivity contribution in [1.82, 2.24) is 9.88 Å². The van der Waals surface area contributed by atoms with Gasteiger partial charge in [0.05, 0.1) is 16.3 Å². The van der Waals surface area contributed by atoms with Crippen LogP contribution in [0.3, 0.4) is 0 Å². The second-order valence-corrected chi connectivity index (χ2v) is 11.6. The number of hydrogen-bond donors (Lipinski definition) is 0. The molecule has 2 rings (SSSR count). The van der Waals surface area contributed by atoms with Crippen molar-refractivity contribution in [2.75, 3.05) is 19.6 Å². The number of carbonyl (C=O) groups is 1. The standard InChI is InChI=1S/C19H26N2O6S2/c1-13(14(2)28(4,23)24)21(3)19(22)11-10-18-20-12-17(27-18)15-6-8-16(9-7-15)29(5,25)26/h6-9,12-14H,10-11H2,1-5H3/t13-,14+/m0/s1. The highest BCUT2D eigenvalue weighted by Crippen LogP contribution is 2.23. The number of rotatable bonds is 8. The first kappa shape index (κ1) is 23.1. The molecule has 10 heteroatoms. The summed E-state index contributed by atoms with van der Waals surface area (Å²) in [7, 11) is -4.94. The fourth-order valence-electron chi connectivity index (χ4n) is 2.72. The van der Waals surface area contributed by atoms with Gasteiger partial charge in [-0.25, -0.2) is 21.8 Å². The van der Waals surface area contributed by atoms with E-state index in [1.165, 1.54) is 23.2 Å². The van der Waals surface area contributed by atoms with Crippen molar-refractivity contribution in [3.8, 4) is 11.3 Å². The number of amides is 1. The van der Waals surface area contributed by atoms with E-state index in [1.54, 1.807) is 33.0 Å². The van der Waals surface area contributed by atoms with Gasteiger partial charge in [-0.2, -0.15) is 0 Å². The lowest BCUT2D eigenvalue weighted by Gasteiger charge is -2.28. The highest BCUT2D eigenvalue weighted by Gasteiger charge is 2.28. The molecule has 29 heavy (non-hydrogen) atoms. The Morgan fingerprint density at radius 3 is 2.21 bits per heavy atom. The molecular weight excluding hydrogens is 416 g/mol. The van der Waals surface area contributed by atoms with E-state index < -0.39 is 31.0 Å². The molecule has 0 spiro atoms. The maximum absolute atomic E-state index is 12.4. The van der Waals surface area contributed by atoms with E-state index in [0.717, 1.165) is 12.5 Å². The molecule has 1 aromatic carbocycles. The lowest BCUT2D eigenvalue weighted by Crippen LogP contribution is -2.44. The molecule has 0 fully saturated rings. The van der Waals surface area contributed by atoms with Crippen LogP contribution in [0, 0.1) is 0 Å². The summed E-state index contributed by atoms with van der Waals surface area (Å²) < 4.78 is 52.1. The van der Waals surface area contributed by atoms with Crippen LogP contribution in [0.15, 0.2) is 39.8 Å². The van der Waals surface area contributed by atoms with Crippen LogP contribution in [-0.4, -0.2) is 63.5 Å². The van der Waals surface area contributed by atoms with Gasteiger partial charge in [-0.15, -0.1) is 0 Å². The van der Waals surface area contributed by atoms with Gasteiger partial charge in [-0.05, 0) is 38.1 Å². The van der Waals surface area contributed by atoms with Crippen LogP contribution in [0.5, 0.6) is 0 Å². The Morgan fingerprint density at radius 2 is 1.69 bits per heavy atom. The Bertz CT molecular complexity index is 1070. The van der Waals surface area contributed by atoms with Crippen LogP contribution in [-0.2, 0) is 30.9 Å². The zero-order valence-corrected chi connectivity index (χ0v) is 18.7. The van der Waals surface area contributed by atoms with Crippen molar-refractivity contribution in [2.45, 2.75) is 42.9 Å². The Hall–Kier alpha value is -2.20. The van der Waals surface area contributed by atoms with Crippen LogP contribution >= 0.6 is 0 Å². The molecule has 2 atom stereocenters. The topological polar surface area (TPSA) is 115 Å². The normalized spacial score (nSPS) is 14.4. The van der Waals surface area contributed by atoms with Crippen LogP contribution in [0.1, 0.15) is 26.2 Å². The Labute approximate surface area is 171 Å². The maximum atomic E-state index is 12.4. The van der Waals surface area contributed by atoms with E-state index in [1.807, 2.05) is 0 Å². The number of carbonyl (C=O) groups excluding carboxylic acids is 1. The van der Waals surface area contributed by atoms with Gasteiger partial charge in [0.25, 0.3) is 0 Å². The summed E-state index contributed by atoms with van der Waals surface area (Å²) in [5.41, 5.74) is 0.676. The number of benzene rings is 1. The fraction of sp³-hybridized carbons (Fsp3) is 0.474. The molecule has 8 nitrogen and oxygen atoms in total. The summed E-state index contributed by atoms with van der Waals surface area (Å²) >= 11 is 0. The van der Waals surface area contributed by atoms with Gasteiger partial charge < -0.3 is 9.32 Å². The van der Waals surface area contributed by atoms with E-state index in [2.05, 4.69) is 4.98 Å². The third kappa shape index (κ3) is 5.89. The minimum atomic E-state index is -3.27. The lowest BCUT2D eigenvalue weighted by molar-refractivity contribution is -0.131. The van der Waals surface area contributed by atoms with Crippen LogP contribution in [0.2, 0.25) is 0 Å². The van der Waals surface area contributed by atoms with Gasteiger partial charge >= 0.3 is 0 Å². The zero-order chi connectivity index (χ0) is 22.0. The van der Waals surface area contributed by atoms with Gasteiger partial charge in [-0.1, -0.05) is 0 Å². The summed E-state index contributed by atoms with van der Waals surface area (Å²) in [6.07, 6.45) is 4.21. The molecule has 0 radical (unpaired) electrons. The lowest BCUT2D eigenvalue weighted by atomic mass is 10.2. The first-order valence-electron chi connectivity index (χ1n) is 9.00. The van der Waals surface area contributed by atoms with Crippen LogP contribution < -0.4 is 0 Å². The molecule has 0 saturated carbocycles. The summed E-state index contributed by atoms with van der Waals surface area (Å²) in [4.78, 5) is 18.2. The molecule has 160 valence electrons. The number of sulfone groups is 2. The molecule has 0 saturated heterocycles. The maximum Gasteiger partial charge on any atom is 0.223 e. The van der Waals surface area contributed by atoms with Crippen molar-refractivity contribution in [3.63, 3.8) is 0 Å². The van der Waals surface area contributed by atoms with Crippen molar-refractivity contribution < 1.29 is 26.0 Å². The third-order valence-electron chi connectivity index (χ3n) is 5.03. The Kier molecular flexibility index (Phi) is 6.89. The minimum absolute atomic E-state index is 0.129. The minimum Gasteiger partial charge on any atom is -0.441 e. The van der Waals surface area contributed by atoms with Gasteiger partial charge in [0.15, 0.2) is 31.3 Å². The monoisotopic (exact) mass is 442 g/mol. The highest BCUT2D eigenvalue weighted by molar-refractivity contribution is 7.91. The number of oxazole rings is 1. The van der Waals surface area contributed by atoms with Gasteiger partial charge in [0.2, 0.25) is 5.91 Å². The molecule has 2 aromatic rings. The summed E-state index contributed by atoms with van der Waals surface area (Å²) in [5.74, 6) is 0.642. The molecule has 0 aliphatic carbocycles. The predicted octanol–water partition coefficient (Wildman–Crippen LogP) is 1.96. The molecule has 1 aromatic heterocycles. The van der Waals surface area contributed by atoms with Crippen molar-refractivity contribution in [3.05, 3.63) is 36.4 Å². The van der Waals surface area contributed by atoms with Gasteiger partial charge in [0, 0.05) is 44.0 Å². The molecule has 0 unspecified atom stereocenters. The van der Waals surface area contributed by atoms with Gasteiger partial charge in [-0.3, -0.25) is 4.79 Å². The molecule has 0 aliphatic rings. The quantitative estimate of drug-likeness (QED) is 0.614. The van der Waals surface area contributed by atoms with Crippen molar-refractivity contribution >= 4 is 25.6 Å². The van der Waals surface area contributed by atoms with E-state index in [4.69, 9.17) is 4.42 Å². The smallest absolute Gasteiger partial charge is 0.223 e. The highest BCUT2D eigenvalue weighted by atomic mass is 32.2. The van der Waals surface area contributed by atoms with E-state index >= 15 is 0 Å². The van der Waals surface area contributed by atoms with Crippen molar-refractivity contribution in [2.24, 2.45) is 0 Å². The average molecular weight is 443 g/mol. The number of hydrogen-bond acceptors (Lipinski definition) is 7. The largest absolute Gasteiger partial charge is 0.441 e. The third-order valence-corrected chi connectivity index (χ3v) is 7.91. The number of aromatic nitrogens is 1. The number of aryl methyl sites for hydroxylation is 1. The second-order valence-electron chi connectivity index (χ2n) is 7.19. The van der Waals surface area contributed by atoms with Crippen molar-refractivity contribution in [1.29, 1.82) is 0 Å². The van der Waals surface area contributed by atoms with Crippen LogP contribution in [0.4, 0.5) is 0 Å². The summed E-state index contributed by atoms with van der Waals surface area (Å²) in [5, 5.41) is -0.667. The average Bonchev–Trinajstić information content (AvgIpc) is 3.12. The number of nitrogens with zero attached hydrogens (tertiary/aromatic N) is 2.